The van der Waals surface area contributed by atoms with Crippen molar-refractivity contribution in [3.05, 3.63) is 29.8 Å². The van der Waals surface area contributed by atoms with Crippen LogP contribution in [0.3, 0.4) is 0 Å². The van der Waals surface area contributed by atoms with E-state index in [1.807, 2.05) is 13.0 Å². The predicted molar refractivity (Wildman–Crippen MR) is 70.5 cm³/mol. The normalized spacial score (nSPS) is 20.6. The van der Waals surface area contributed by atoms with Crippen LogP contribution in [0.2, 0.25) is 0 Å². The van der Waals surface area contributed by atoms with Crippen LogP contribution in [-0.2, 0) is 0 Å². The van der Waals surface area contributed by atoms with Crippen LogP contribution in [0.15, 0.2) is 23.0 Å². The minimum Gasteiger partial charge on any atom is -0.334 e. The molecule has 1 unspecified atom stereocenters. The van der Waals surface area contributed by atoms with E-state index in [4.69, 9.17) is 4.52 Å². The SMILES string of the molecule is Cc1ccncc1-c1nc(C2CNCCN2C)no1. The lowest BCUT2D eigenvalue weighted by atomic mass is 10.1. The van der Waals surface area contributed by atoms with Gasteiger partial charge in [0.2, 0.25) is 0 Å². The maximum absolute atomic E-state index is 5.38. The van der Waals surface area contributed by atoms with Gasteiger partial charge in [-0.2, -0.15) is 4.98 Å². The van der Waals surface area contributed by atoms with E-state index in [0.717, 1.165) is 36.6 Å². The van der Waals surface area contributed by atoms with Crippen LogP contribution in [0, 0.1) is 6.92 Å². The molecule has 6 nitrogen and oxygen atoms in total. The third-order valence-electron chi connectivity index (χ3n) is 3.52. The Kier molecular flexibility index (Phi) is 3.27. The fourth-order valence-electron chi connectivity index (χ4n) is 2.26. The number of nitrogens with zero attached hydrogens (tertiary/aromatic N) is 4. The van der Waals surface area contributed by atoms with Crippen molar-refractivity contribution < 1.29 is 4.52 Å². The largest absolute Gasteiger partial charge is 0.334 e. The van der Waals surface area contributed by atoms with E-state index >= 15 is 0 Å². The summed E-state index contributed by atoms with van der Waals surface area (Å²) in [7, 11) is 2.08. The number of aromatic nitrogens is 3. The summed E-state index contributed by atoms with van der Waals surface area (Å²) >= 11 is 0. The molecule has 0 spiro atoms. The maximum Gasteiger partial charge on any atom is 0.259 e. The van der Waals surface area contributed by atoms with Crippen molar-refractivity contribution >= 4 is 0 Å². The fourth-order valence-corrected chi connectivity index (χ4v) is 2.26. The van der Waals surface area contributed by atoms with E-state index in [0.29, 0.717) is 5.89 Å². The monoisotopic (exact) mass is 259 g/mol. The Labute approximate surface area is 111 Å². The second kappa shape index (κ2) is 5.07. The lowest BCUT2D eigenvalue weighted by molar-refractivity contribution is 0.190. The van der Waals surface area contributed by atoms with Gasteiger partial charge in [-0.15, -0.1) is 0 Å². The average molecular weight is 259 g/mol. The Balaban J connectivity index is 1.89. The van der Waals surface area contributed by atoms with Crippen molar-refractivity contribution in [1.82, 2.24) is 25.3 Å². The van der Waals surface area contributed by atoms with E-state index in [1.54, 1.807) is 12.4 Å². The minimum atomic E-state index is 0.170. The molecule has 2 aromatic rings. The summed E-state index contributed by atoms with van der Waals surface area (Å²) in [6.07, 6.45) is 3.52. The molecule has 0 aliphatic carbocycles. The van der Waals surface area contributed by atoms with Crippen LogP contribution in [0.25, 0.3) is 11.5 Å². The van der Waals surface area contributed by atoms with Gasteiger partial charge in [0.25, 0.3) is 5.89 Å². The molecule has 0 radical (unpaired) electrons. The highest BCUT2D eigenvalue weighted by Crippen LogP contribution is 2.24. The van der Waals surface area contributed by atoms with Gasteiger partial charge in [-0.3, -0.25) is 9.88 Å². The van der Waals surface area contributed by atoms with Gasteiger partial charge in [-0.1, -0.05) is 5.16 Å². The molecule has 100 valence electrons. The zero-order valence-electron chi connectivity index (χ0n) is 11.1. The zero-order valence-corrected chi connectivity index (χ0v) is 11.1. The standard InChI is InChI=1S/C13H17N5O/c1-9-3-4-14-7-10(9)13-16-12(17-19-13)11-8-15-5-6-18(11)2/h3-4,7,11,15H,5-6,8H2,1-2H3. The molecule has 0 bridgehead atoms. The molecular formula is C13H17N5O. The number of piperazine rings is 1. The molecular weight excluding hydrogens is 242 g/mol. The van der Waals surface area contributed by atoms with Gasteiger partial charge in [0.05, 0.1) is 11.6 Å². The molecule has 0 saturated carbocycles. The van der Waals surface area contributed by atoms with Gasteiger partial charge in [0.1, 0.15) is 0 Å². The van der Waals surface area contributed by atoms with Crippen LogP contribution in [-0.4, -0.2) is 46.7 Å². The third-order valence-corrected chi connectivity index (χ3v) is 3.52. The van der Waals surface area contributed by atoms with Gasteiger partial charge in [-0.25, -0.2) is 0 Å². The molecule has 2 aromatic heterocycles. The lowest BCUT2D eigenvalue weighted by Crippen LogP contribution is -2.44. The summed E-state index contributed by atoms with van der Waals surface area (Å²) in [6, 6.07) is 2.11. The van der Waals surface area contributed by atoms with Crippen molar-refractivity contribution in [3.63, 3.8) is 0 Å². The molecule has 1 aliphatic heterocycles. The van der Waals surface area contributed by atoms with Gasteiger partial charge < -0.3 is 9.84 Å². The lowest BCUT2D eigenvalue weighted by Gasteiger charge is -2.30. The summed E-state index contributed by atoms with van der Waals surface area (Å²) < 4.78 is 5.38. The highest BCUT2D eigenvalue weighted by atomic mass is 16.5. The Hall–Kier alpha value is -1.79. The number of hydrogen-bond acceptors (Lipinski definition) is 6. The van der Waals surface area contributed by atoms with Crippen molar-refractivity contribution in [2.45, 2.75) is 13.0 Å². The Morgan fingerprint density at radius 3 is 3.16 bits per heavy atom. The van der Waals surface area contributed by atoms with Crippen molar-refractivity contribution in [2.24, 2.45) is 0 Å². The molecule has 6 heteroatoms. The van der Waals surface area contributed by atoms with E-state index in [1.165, 1.54) is 0 Å². The number of aryl methyl sites for hydroxylation is 1. The van der Waals surface area contributed by atoms with E-state index in [-0.39, 0.29) is 6.04 Å². The number of nitrogens with one attached hydrogen (secondary N) is 1. The van der Waals surface area contributed by atoms with Gasteiger partial charge in [-0.05, 0) is 25.6 Å². The summed E-state index contributed by atoms with van der Waals surface area (Å²) in [4.78, 5) is 10.9. The number of likely N-dealkylation sites (N-methyl/N-ethyl adjacent to an activating group) is 1. The quantitative estimate of drug-likeness (QED) is 0.868. The van der Waals surface area contributed by atoms with E-state index in [2.05, 4.69) is 32.4 Å². The van der Waals surface area contributed by atoms with Crippen molar-refractivity contribution in [3.8, 4) is 11.5 Å². The molecule has 3 heterocycles. The zero-order chi connectivity index (χ0) is 13.2. The highest BCUT2D eigenvalue weighted by Gasteiger charge is 2.25. The average Bonchev–Trinajstić information content (AvgIpc) is 2.89. The van der Waals surface area contributed by atoms with E-state index in [9.17, 15) is 0 Å². The second-order valence-corrected chi connectivity index (χ2v) is 4.85. The van der Waals surface area contributed by atoms with Gasteiger partial charge >= 0.3 is 0 Å². The molecule has 1 N–H and O–H groups in total. The van der Waals surface area contributed by atoms with Crippen LogP contribution in [0.5, 0.6) is 0 Å². The Morgan fingerprint density at radius 2 is 2.37 bits per heavy atom. The first-order chi connectivity index (χ1) is 9.25. The molecule has 1 saturated heterocycles. The molecule has 0 amide bonds. The first-order valence-electron chi connectivity index (χ1n) is 6.41. The van der Waals surface area contributed by atoms with Crippen LogP contribution < -0.4 is 5.32 Å². The number of hydrogen-bond donors (Lipinski definition) is 1. The first-order valence-corrected chi connectivity index (χ1v) is 6.41. The van der Waals surface area contributed by atoms with Crippen LogP contribution >= 0.6 is 0 Å². The Bertz CT molecular complexity index is 568. The molecule has 1 aliphatic rings. The predicted octanol–water partition coefficient (Wildman–Crippen LogP) is 1.02. The van der Waals surface area contributed by atoms with Crippen LogP contribution in [0.4, 0.5) is 0 Å². The highest BCUT2D eigenvalue weighted by molar-refractivity contribution is 5.56. The summed E-state index contributed by atoms with van der Waals surface area (Å²) in [5.41, 5.74) is 1.98. The van der Waals surface area contributed by atoms with Crippen LogP contribution in [0.1, 0.15) is 17.4 Å². The number of rotatable bonds is 2. The summed E-state index contributed by atoms with van der Waals surface area (Å²) in [5.74, 6) is 1.27. The van der Waals surface area contributed by atoms with Gasteiger partial charge in [0, 0.05) is 32.0 Å². The topological polar surface area (TPSA) is 67.1 Å². The van der Waals surface area contributed by atoms with Crippen molar-refractivity contribution in [1.29, 1.82) is 0 Å². The summed E-state index contributed by atoms with van der Waals surface area (Å²) in [5, 5.41) is 7.46. The molecule has 19 heavy (non-hydrogen) atoms. The fraction of sp³-hybridized carbons (Fsp3) is 0.462. The molecule has 1 fully saturated rings. The maximum atomic E-state index is 5.38. The smallest absolute Gasteiger partial charge is 0.259 e. The van der Waals surface area contributed by atoms with Gasteiger partial charge in [0.15, 0.2) is 5.82 Å². The second-order valence-electron chi connectivity index (χ2n) is 4.85. The first kappa shape index (κ1) is 12.3. The molecule has 0 aromatic carbocycles. The molecule has 3 rings (SSSR count). The Morgan fingerprint density at radius 1 is 1.47 bits per heavy atom. The minimum absolute atomic E-state index is 0.170. The summed E-state index contributed by atoms with van der Waals surface area (Å²) in [6.45, 7) is 4.84. The molecule has 1 atom stereocenters. The van der Waals surface area contributed by atoms with Crippen molar-refractivity contribution in [2.75, 3.05) is 26.7 Å². The van der Waals surface area contributed by atoms with E-state index < -0.39 is 0 Å². The number of pyridine rings is 1. The third kappa shape index (κ3) is 2.36.